The first-order valence-corrected chi connectivity index (χ1v) is 1.95. The first kappa shape index (κ1) is 11.5. The summed E-state index contributed by atoms with van der Waals surface area (Å²) in [5.74, 6) is -1.89. The third-order valence-electron chi connectivity index (χ3n) is 0.523. The number of carboxylic acid groups (broad SMARTS) is 1. The van der Waals surface area contributed by atoms with Crippen LogP contribution in [-0.4, -0.2) is 47.2 Å². The van der Waals surface area contributed by atoms with E-state index in [-0.39, 0.29) is 23.1 Å². The van der Waals surface area contributed by atoms with Crippen molar-refractivity contribution in [2.45, 2.75) is 6.42 Å². The van der Waals surface area contributed by atoms with Crippen LogP contribution in [0.4, 0.5) is 0 Å². The highest BCUT2D eigenvalue weighted by Crippen LogP contribution is 1.80. The van der Waals surface area contributed by atoms with Crippen LogP contribution in [0.2, 0.25) is 0 Å². The predicted molar refractivity (Wildman–Crippen MR) is 32.8 cm³/mol. The van der Waals surface area contributed by atoms with Crippen molar-refractivity contribution in [1.29, 1.82) is 0 Å². The van der Waals surface area contributed by atoms with E-state index in [2.05, 4.69) is 4.74 Å². The van der Waals surface area contributed by atoms with Crippen LogP contribution in [0.3, 0.4) is 0 Å². The van der Waals surface area contributed by atoms with Crippen LogP contribution in [0, 0.1) is 0 Å². The number of carbonyl (C=O) groups excluding carboxylic acids is 1. The molecule has 0 fully saturated rings. The Morgan fingerprint density at radius 1 is 1.56 bits per heavy atom. The zero-order valence-electron chi connectivity index (χ0n) is 4.38. The Morgan fingerprint density at radius 2 is 2.00 bits per heavy atom. The van der Waals surface area contributed by atoms with E-state index in [0.717, 1.165) is 7.11 Å². The topological polar surface area (TPSA) is 63.6 Å². The fraction of sp³-hybridized carbons (Fsp3) is 0.500. The lowest BCUT2D eigenvalue weighted by Gasteiger charge is -1.90. The van der Waals surface area contributed by atoms with E-state index in [1.807, 2.05) is 0 Å². The minimum absolute atomic E-state index is 0. The molecule has 0 heterocycles. The van der Waals surface area contributed by atoms with Gasteiger partial charge in [-0.1, -0.05) is 0 Å². The van der Waals surface area contributed by atoms with Gasteiger partial charge < -0.3 is 9.84 Å². The summed E-state index contributed by atoms with van der Waals surface area (Å²) in [6.07, 6.45) is -0.559. The fourth-order valence-electron chi connectivity index (χ4n) is 0.196. The Labute approximate surface area is 68.3 Å². The molecule has 0 bridgehead atoms. The number of esters is 1. The molecule has 4 nitrogen and oxygen atoms in total. The Morgan fingerprint density at radius 3 is 2.11 bits per heavy atom. The van der Waals surface area contributed by atoms with Gasteiger partial charge >= 0.3 is 35.0 Å². The van der Waals surface area contributed by atoms with Gasteiger partial charge in [-0.2, -0.15) is 0 Å². The van der Waals surface area contributed by atoms with Crippen molar-refractivity contribution >= 4 is 35.0 Å². The summed E-state index contributed by atoms with van der Waals surface area (Å²) in [5.41, 5.74) is 0. The molecular formula is C4H8MgO4. The molecule has 50 valence electrons. The van der Waals surface area contributed by atoms with Crippen molar-refractivity contribution < 1.29 is 19.4 Å². The van der Waals surface area contributed by atoms with Crippen LogP contribution in [0.15, 0.2) is 0 Å². The van der Waals surface area contributed by atoms with Gasteiger partial charge in [-0.15, -0.1) is 0 Å². The second kappa shape index (κ2) is 5.84. The Bertz CT molecular complexity index is 111. The fourth-order valence-corrected chi connectivity index (χ4v) is 0.196. The van der Waals surface area contributed by atoms with E-state index in [4.69, 9.17) is 5.11 Å². The third kappa shape index (κ3) is 7.71. The van der Waals surface area contributed by atoms with E-state index in [1.165, 1.54) is 0 Å². The minimum Gasteiger partial charge on any atom is -0.481 e. The highest BCUT2D eigenvalue weighted by atomic mass is 24.3. The van der Waals surface area contributed by atoms with Gasteiger partial charge in [0, 0.05) is 0 Å². The summed E-state index contributed by atoms with van der Waals surface area (Å²) in [7, 11) is 1.14. The van der Waals surface area contributed by atoms with Crippen molar-refractivity contribution in [3.05, 3.63) is 0 Å². The molecule has 5 heteroatoms. The van der Waals surface area contributed by atoms with Gasteiger partial charge in [0.15, 0.2) is 0 Å². The number of carboxylic acids is 1. The number of hydrogen-bond acceptors (Lipinski definition) is 3. The number of aliphatic carboxylic acids is 1. The molecule has 0 aliphatic carbocycles. The zero-order valence-corrected chi connectivity index (χ0v) is 4.38. The number of ether oxygens (including phenoxy) is 1. The van der Waals surface area contributed by atoms with E-state index in [1.54, 1.807) is 0 Å². The molecule has 0 aromatic carbocycles. The van der Waals surface area contributed by atoms with E-state index in [0.29, 0.717) is 0 Å². The third-order valence-corrected chi connectivity index (χ3v) is 0.523. The maximum atomic E-state index is 10.0. The Kier molecular flexibility index (Phi) is 7.45. The first-order chi connectivity index (χ1) is 3.66. The van der Waals surface area contributed by atoms with Crippen LogP contribution in [-0.2, 0) is 14.3 Å². The summed E-state index contributed by atoms with van der Waals surface area (Å²) >= 11 is 0. The maximum Gasteiger partial charge on any atom is 0.316 e. The van der Waals surface area contributed by atoms with Gasteiger partial charge in [0.05, 0.1) is 7.11 Å². The molecule has 0 rings (SSSR count). The number of carbonyl (C=O) groups is 2. The average molecular weight is 144 g/mol. The number of hydrogen-bond donors (Lipinski definition) is 1. The van der Waals surface area contributed by atoms with Gasteiger partial charge in [0.25, 0.3) is 0 Å². The molecule has 1 N–H and O–H groups in total. The molecule has 0 atom stereocenters. The highest BCUT2D eigenvalue weighted by Gasteiger charge is 2.04. The molecule has 0 saturated carbocycles. The monoisotopic (exact) mass is 144 g/mol. The molecule has 0 aliphatic rings. The Hall–Kier alpha value is -0.294. The van der Waals surface area contributed by atoms with Gasteiger partial charge in [-0.3, -0.25) is 9.59 Å². The number of rotatable bonds is 2. The Balaban J connectivity index is 0. The van der Waals surface area contributed by atoms with E-state index < -0.39 is 18.4 Å². The van der Waals surface area contributed by atoms with Crippen molar-refractivity contribution in [1.82, 2.24) is 0 Å². The predicted octanol–water partition coefficient (Wildman–Crippen LogP) is -1.28. The maximum absolute atomic E-state index is 10.0. The smallest absolute Gasteiger partial charge is 0.316 e. The van der Waals surface area contributed by atoms with Crippen LogP contribution in [0.5, 0.6) is 0 Å². The van der Waals surface area contributed by atoms with Crippen LogP contribution in [0.25, 0.3) is 0 Å². The van der Waals surface area contributed by atoms with Crippen molar-refractivity contribution in [3.63, 3.8) is 0 Å². The highest BCUT2D eigenvalue weighted by molar-refractivity contribution is 5.89. The molecule has 0 amide bonds. The van der Waals surface area contributed by atoms with Crippen LogP contribution in [0.1, 0.15) is 6.42 Å². The largest absolute Gasteiger partial charge is 0.481 e. The van der Waals surface area contributed by atoms with Gasteiger partial charge in [-0.25, -0.2) is 0 Å². The molecule has 0 radical (unpaired) electrons. The van der Waals surface area contributed by atoms with Gasteiger partial charge in [-0.05, 0) is 0 Å². The van der Waals surface area contributed by atoms with E-state index in [9.17, 15) is 9.59 Å². The molecule has 0 saturated heterocycles. The standard InChI is InChI=1S/C4H6O4.Mg.2H/c1-8-4(7)2-3(5)6;;;/h2H2,1H3,(H,5,6);;;. The van der Waals surface area contributed by atoms with Gasteiger partial charge in [0.1, 0.15) is 6.42 Å². The van der Waals surface area contributed by atoms with Crippen molar-refractivity contribution in [2.75, 3.05) is 7.11 Å². The summed E-state index contributed by atoms with van der Waals surface area (Å²) in [5, 5.41) is 7.91. The summed E-state index contributed by atoms with van der Waals surface area (Å²) in [4.78, 5) is 19.7. The number of methoxy groups -OCH3 is 1. The molecule has 0 aromatic rings. The summed E-state index contributed by atoms with van der Waals surface area (Å²) in [6.45, 7) is 0. The molecule has 0 aliphatic heterocycles. The molecule has 9 heavy (non-hydrogen) atoms. The molecule has 0 unspecified atom stereocenters. The first-order valence-electron chi connectivity index (χ1n) is 1.95. The molecule has 0 aromatic heterocycles. The second-order valence-electron chi connectivity index (χ2n) is 1.15. The lowest BCUT2D eigenvalue weighted by atomic mass is 10.4. The lowest BCUT2D eigenvalue weighted by Crippen LogP contribution is -2.07. The van der Waals surface area contributed by atoms with Crippen LogP contribution >= 0.6 is 0 Å². The minimum atomic E-state index is -1.17. The quantitative estimate of drug-likeness (QED) is 0.298. The second-order valence-corrected chi connectivity index (χ2v) is 1.15. The van der Waals surface area contributed by atoms with Gasteiger partial charge in [0.2, 0.25) is 0 Å². The average Bonchev–Trinajstić information content (AvgIpc) is 1.65. The SMILES string of the molecule is COC(=O)CC(=O)O.[MgH2]. The van der Waals surface area contributed by atoms with Crippen LogP contribution < -0.4 is 0 Å². The summed E-state index contributed by atoms with van der Waals surface area (Å²) < 4.78 is 4.04. The van der Waals surface area contributed by atoms with Crippen molar-refractivity contribution in [3.8, 4) is 0 Å². The van der Waals surface area contributed by atoms with E-state index >= 15 is 0 Å². The molecular weight excluding hydrogens is 136 g/mol. The summed E-state index contributed by atoms with van der Waals surface area (Å²) in [6, 6.07) is 0. The zero-order chi connectivity index (χ0) is 6.57. The normalized spacial score (nSPS) is 7.22. The molecule has 0 spiro atoms. The van der Waals surface area contributed by atoms with Crippen molar-refractivity contribution in [2.24, 2.45) is 0 Å². The lowest BCUT2D eigenvalue weighted by molar-refractivity contribution is -0.149.